The van der Waals surface area contributed by atoms with Crippen LogP contribution < -0.4 is 10.4 Å². The first kappa shape index (κ1) is 19.4. The van der Waals surface area contributed by atoms with Gasteiger partial charge in [0.2, 0.25) is 0 Å². The molecule has 1 saturated heterocycles. The number of carbonyl (C=O) groups excluding carboxylic acids is 1. The minimum Gasteiger partial charge on any atom is -0.493 e. The zero-order valence-corrected chi connectivity index (χ0v) is 15.4. The Kier molecular flexibility index (Phi) is 6.84. The van der Waals surface area contributed by atoms with Gasteiger partial charge in [-0.3, -0.25) is 0 Å². The van der Waals surface area contributed by atoms with Crippen molar-refractivity contribution in [1.29, 1.82) is 0 Å². The summed E-state index contributed by atoms with van der Waals surface area (Å²) in [5, 5.41) is 0.628. The molecule has 0 aliphatic carbocycles. The molecule has 0 saturated carbocycles. The lowest BCUT2D eigenvalue weighted by molar-refractivity contribution is -0.163. The fraction of sp³-hybridized carbons (Fsp3) is 0.500. The third kappa shape index (κ3) is 5.30. The molecule has 1 aromatic carbocycles. The van der Waals surface area contributed by atoms with Gasteiger partial charge in [0.05, 0.1) is 19.8 Å². The zero-order chi connectivity index (χ0) is 19.1. The van der Waals surface area contributed by atoms with Crippen LogP contribution in [0.1, 0.15) is 43.0 Å². The van der Waals surface area contributed by atoms with Gasteiger partial charge < -0.3 is 23.4 Å². The van der Waals surface area contributed by atoms with Crippen molar-refractivity contribution < 1.29 is 28.2 Å². The third-order valence-electron chi connectivity index (χ3n) is 4.20. The van der Waals surface area contributed by atoms with Gasteiger partial charge in [0.25, 0.3) is 0 Å². The highest BCUT2D eigenvalue weighted by molar-refractivity contribution is 5.93. The molecule has 0 radical (unpaired) electrons. The SMILES string of the molecule is CCOC(=O)c1cc2ccc(OCCCOC3CCCCO3)cc2oc1=O. The highest BCUT2D eigenvalue weighted by Crippen LogP contribution is 2.21. The van der Waals surface area contributed by atoms with E-state index < -0.39 is 11.6 Å². The van der Waals surface area contributed by atoms with Crippen molar-refractivity contribution in [3.63, 3.8) is 0 Å². The van der Waals surface area contributed by atoms with Crippen LogP contribution in [0.25, 0.3) is 11.0 Å². The molecule has 0 amide bonds. The molecule has 1 unspecified atom stereocenters. The zero-order valence-electron chi connectivity index (χ0n) is 15.4. The highest BCUT2D eigenvalue weighted by Gasteiger charge is 2.15. The van der Waals surface area contributed by atoms with Crippen LogP contribution in [-0.4, -0.2) is 38.7 Å². The maximum Gasteiger partial charge on any atom is 0.351 e. The monoisotopic (exact) mass is 376 g/mol. The summed E-state index contributed by atoms with van der Waals surface area (Å²) in [7, 11) is 0. The molecule has 3 rings (SSSR count). The molecule has 1 fully saturated rings. The summed E-state index contributed by atoms with van der Waals surface area (Å²) in [5.41, 5.74) is -0.475. The summed E-state index contributed by atoms with van der Waals surface area (Å²) < 4.78 is 26.9. The van der Waals surface area contributed by atoms with Crippen LogP contribution in [0.2, 0.25) is 0 Å². The quantitative estimate of drug-likeness (QED) is 0.397. The Hall–Kier alpha value is -2.38. The van der Waals surface area contributed by atoms with Crippen LogP contribution in [0, 0.1) is 0 Å². The molecule has 1 aromatic heterocycles. The molecule has 7 nitrogen and oxygen atoms in total. The van der Waals surface area contributed by atoms with Crippen molar-refractivity contribution in [2.75, 3.05) is 26.4 Å². The summed E-state index contributed by atoms with van der Waals surface area (Å²) in [5.74, 6) is -0.0983. The normalized spacial score (nSPS) is 17.0. The smallest absolute Gasteiger partial charge is 0.351 e. The van der Waals surface area contributed by atoms with E-state index in [1.165, 1.54) is 6.07 Å². The molecule has 1 aliphatic rings. The number of benzene rings is 1. The molecule has 27 heavy (non-hydrogen) atoms. The molecule has 2 aromatic rings. The van der Waals surface area contributed by atoms with Crippen molar-refractivity contribution >= 4 is 16.9 Å². The summed E-state index contributed by atoms with van der Waals surface area (Å²) >= 11 is 0. The van der Waals surface area contributed by atoms with Crippen molar-refractivity contribution in [1.82, 2.24) is 0 Å². The number of esters is 1. The largest absolute Gasteiger partial charge is 0.493 e. The maximum absolute atomic E-state index is 12.0. The Bertz CT molecular complexity index is 821. The topological polar surface area (TPSA) is 84.2 Å². The molecule has 146 valence electrons. The lowest BCUT2D eigenvalue weighted by atomic mass is 10.2. The van der Waals surface area contributed by atoms with Gasteiger partial charge in [-0.1, -0.05) is 0 Å². The Balaban J connectivity index is 1.54. The van der Waals surface area contributed by atoms with E-state index in [1.54, 1.807) is 25.1 Å². The first-order valence-electron chi connectivity index (χ1n) is 9.28. The van der Waals surface area contributed by atoms with Crippen LogP contribution in [-0.2, 0) is 14.2 Å². The van der Waals surface area contributed by atoms with Gasteiger partial charge in [-0.2, -0.15) is 0 Å². The summed E-state index contributed by atoms with van der Waals surface area (Å²) in [6, 6.07) is 6.61. The van der Waals surface area contributed by atoms with Gasteiger partial charge in [0.1, 0.15) is 16.9 Å². The van der Waals surface area contributed by atoms with E-state index in [-0.39, 0.29) is 18.5 Å². The van der Waals surface area contributed by atoms with Gasteiger partial charge in [-0.25, -0.2) is 9.59 Å². The van der Waals surface area contributed by atoms with E-state index in [2.05, 4.69) is 0 Å². The van der Waals surface area contributed by atoms with Gasteiger partial charge in [-0.05, 0) is 44.4 Å². The molecule has 0 bridgehead atoms. The van der Waals surface area contributed by atoms with Crippen LogP contribution in [0.4, 0.5) is 0 Å². The molecule has 1 atom stereocenters. The van der Waals surface area contributed by atoms with Crippen molar-refractivity contribution in [2.24, 2.45) is 0 Å². The second-order valence-electron chi connectivity index (χ2n) is 6.24. The fourth-order valence-electron chi connectivity index (χ4n) is 2.84. The average Bonchev–Trinajstić information content (AvgIpc) is 2.68. The number of ether oxygens (including phenoxy) is 4. The van der Waals surface area contributed by atoms with E-state index >= 15 is 0 Å². The van der Waals surface area contributed by atoms with Crippen LogP contribution in [0.3, 0.4) is 0 Å². The van der Waals surface area contributed by atoms with E-state index in [0.717, 1.165) is 32.3 Å². The number of hydrogen-bond acceptors (Lipinski definition) is 7. The lowest BCUT2D eigenvalue weighted by Gasteiger charge is -2.22. The summed E-state index contributed by atoms with van der Waals surface area (Å²) in [4.78, 5) is 23.7. The van der Waals surface area contributed by atoms with Crippen LogP contribution in [0.15, 0.2) is 33.5 Å². The van der Waals surface area contributed by atoms with Crippen LogP contribution >= 0.6 is 0 Å². The molecule has 2 heterocycles. The molecular formula is C20H24O7. The number of fused-ring (bicyclic) bond motifs is 1. The molecular weight excluding hydrogens is 352 g/mol. The van der Waals surface area contributed by atoms with Crippen molar-refractivity contribution in [3.8, 4) is 5.75 Å². The van der Waals surface area contributed by atoms with Gasteiger partial charge in [0, 0.05) is 24.5 Å². The fourth-order valence-corrected chi connectivity index (χ4v) is 2.84. The first-order valence-corrected chi connectivity index (χ1v) is 9.28. The maximum atomic E-state index is 12.0. The highest BCUT2D eigenvalue weighted by atomic mass is 16.7. The van der Waals surface area contributed by atoms with Gasteiger partial charge >= 0.3 is 11.6 Å². The second kappa shape index (κ2) is 9.53. The Morgan fingerprint density at radius 1 is 1.22 bits per heavy atom. The summed E-state index contributed by atoms with van der Waals surface area (Å²) in [6.07, 6.45) is 3.81. The van der Waals surface area contributed by atoms with Crippen molar-refractivity contribution in [2.45, 2.75) is 38.9 Å². The molecule has 0 spiro atoms. The second-order valence-corrected chi connectivity index (χ2v) is 6.24. The third-order valence-corrected chi connectivity index (χ3v) is 4.20. The van der Waals surface area contributed by atoms with Crippen molar-refractivity contribution in [3.05, 3.63) is 40.2 Å². The predicted octanol–water partition coefficient (Wildman–Crippen LogP) is 3.28. The van der Waals surface area contributed by atoms with E-state index in [0.29, 0.717) is 29.9 Å². The minimum absolute atomic E-state index is 0.0951. The summed E-state index contributed by atoms with van der Waals surface area (Å²) in [6.45, 7) is 3.68. The van der Waals surface area contributed by atoms with E-state index in [1.807, 2.05) is 0 Å². The Morgan fingerprint density at radius 2 is 2.11 bits per heavy atom. The predicted molar refractivity (Wildman–Crippen MR) is 98.1 cm³/mol. The Morgan fingerprint density at radius 3 is 2.89 bits per heavy atom. The molecule has 0 N–H and O–H groups in total. The number of carbonyl (C=O) groups is 1. The Labute approximate surface area is 157 Å². The molecule has 7 heteroatoms. The first-order chi connectivity index (χ1) is 13.2. The number of hydrogen-bond donors (Lipinski definition) is 0. The average molecular weight is 376 g/mol. The van der Waals surface area contributed by atoms with E-state index in [9.17, 15) is 9.59 Å². The van der Waals surface area contributed by atoms with Crippen LogP contribution in [0.5, 0.6) is 5.75 Å². The van der Waals surface area contributed by atoms with E-state index in [4.69, 9.17) is 23.4 Å². The minimum atomic E-state index is -0.723. The standard InChI is InChI=1S/C20H24O7/c1-2-23-19(21)16-12-14-7-8-15(13-17(14)27-20(16)22)24-10-5-11-26-18-6-3-4-9-25-18/h7-8,12-13,18H,2-6,9-11H2,1H3. The number of rotatable bonds is 8. The molecule has 1 aliphatic heterocycles. The van der Waals surface area contributed by atoms with Gasteiger partial charge in [-0.15, -0.1) is 0 Å². The lowest BCUT2D eigenvalue weighted by Crippen LogP contribution is -2.23. The van der Waals surface area contributed by atoms with Gasteiger partial charge in [0.15, 0.2) is 6.29 Å².